The van der Waals surface area contributed by atoms with E-state index in [0.29, 0.717) is 71.2 Å². The van der Waals surface area contributed by atoms with Crippen LogP contribution in [-0.2, 0) is 6.54 Å². The van der Waals surface area contributed by atoms with E-state index < -0.39 is 0 Å². The first-order chi connectivity index (χ1) is 15.0. The zero-order chi connectivity index (χ0) is 22.0. The lowest BCUT2D eigenvalue weighted by Gasteiger charge is -2.14. The Morgan fingerprint density at radius 3 is 2.29 bits per heavy atom. The molecule has 4 rings (SSSR count). The number of carbonyl (C=O) groups is 2. The minimum atomic E-state index is -0.240. The number of imide groups is 1. The van der Waals surface area contributed by atoms with E-state index in [0.717, 1.165) is 0 Å². The third-order valence-electron chi connectivity index (χ3n) is 5.17. The number of methoxy groups -OCH3 is 2. The average Bonchev–Trinajstić information content (AvgIpc) is 3.03. The number of nitrogens with zero attached hydrogens (tertiary/aromatic N) is 3. The Morgan fingerprint density at radius 2 is 1.65 bits per heavy atom. The highest BCUT2D eigenvalue weighted by molar-refractivity contribution is 6.21. The molecule has 3 N–H and O–H groups in total. The lowest BCUT2D eigenvalue weighted by molar-refractivity contribution is 0.0652. The van der Waals surface area contributed by atoms with E-state index in [-0.39, 0.29) is 11.8 Å². The van der Waals surface area contributed by atoms with Gasteiger partial charge in [0.25, 0.3) is 11.8 Å². The van der Waals surface area contributed by atoms with E-state index in [4.69, 9.17) is 15.2 Å². The molecule has 0 unspecified atom stereocenters. The van der Waals surface area contributed by atoms with E-state index >= 15 is 0 Å². The smallest absolute Gasteiger partial charge is 0.261 e. The van der Waals surface area contributed by atoms with Gasteiger partial charge in [0.05, 0.1) is 37.4 Å². The second kappa shape index (κ2) is 8.57. The summed E-state index contributed by atoms with van der Waals surface area (Å²) in [6.07, 6.45) is 0.611. The van der Waals surface area contributed by atoms with Crippen LogP contribution in [0.1, 0.15) is 33.0 Å². The van der Waals surface area contributed by atoms with Crippen molar-refractivity contribution in [3.8, 4) is 11.5 Å². The number of fused-ring (bicyclic) bond motifs is 2. The standard InChI is InChI=1S/C22H23N5O4/c1-30-17-10-15-16(11-18(17)31-2)25-19(26-20(15)23)12-24-8-5-9-27-21(28)13-6-3-4-7-14(13)22(27)29/h3-4,6-7,10-11,24H,5,8-9,12H2,1-2H3,(H2,23,25,26). The third-order valence-corrected chi connectivity index (χ3v) is 5.17. The van der Waals surface area contributed by atoms with Crippen molar-refractivity contribution >= 4 is 28.5 Å². The van der Waals surface area contributed by atoms with Crippen LogP contribution in [0.4, 0.5) is 5.82 Å². The van der Waals surface area contributed by atoms with E-state index in [9.17, 15) is 9.59 Å². The summed E-state index contributed by atoms with van der Waals surface area (Å²) in [4.78, 5) is 34.9. The van der Waals surface area contributed by atoms with Crippen LogP contribution >= 0.6 is 0 Å². The lowest BCUT2D eigenvalue weighted by atomic mass is 10.1. The van der Waals surface area contributed by atoms with Gasteiger partial charge in [0.1, 0.15) is 11.6 Å². The van der Waals surface area contributed by atoms with Gasteiger partial charge in [0.2, 0.25) is 0 Å². The van der Waals surface area contributed by atoms with Gasteiger partial charge in [-0.2, -0.15) is 0 Å². The van der Waals surface area contributed by atoms with Crippen LogP contribution in [0.25, 0.3) is 10.9 Å². The fourth-order valence-corrected chi connectivity index (χ4v) is 3.61. The Kier molecular flexibility index (Phi) is 5.68. The van der Waals surface area contributed by atoms with Crippen molar-refractivity contribution in [3.63, 3.8) is 0 Å². The van der Waals surface area contributed by atoms with Crippen molar-refractivity contribution in [2.75, 3.05) is 33.0 Å². The van der Waals surface area contributed by atoms with E-state index in [1.165, 1.54) is 4.90 Å². The van der Waals surface area contributed by atoms with Crippen molar-refractivity contribution in [1.29, 1.82) is 0 Å². The molecule has 3 aromatic rings. The van der Waals surface area contributed by atoms with Crippen molar-refractivity contribution in [2.45, 2.75) is 13.0 Å². The minimum absolute atomic E-state index is 0.240. The monoisotopic (exact) mass is 421 g/mol. The normalized spacial score (nSPS) is 13.0. The molecule has 31 heavy (non-hydrogen) atoms. The van der Waals surface area contributed by atoms with Crippen LogP contribution in [0.5, 0.6) is 11.5 Å². The van der Waals surface area contributed by atoms with Crippen LogP contribution in [-0.4, -0.2) is 54.0 Å². The van der Waals surface area contributed by atoms with Gasteiger partial charge in [-0.05, 0) is 31.2 Å². The molecular formula is C22H23N5O4. The summed E-state index contributed by atoms with van der Waals surface area (Å²) in [6.45, 7) is 1.33. The maximum Gasteiger partial charge on any atom is 0.261 e. The molecule has 0 atom stereocenters. The SMILES string of the molecule is COc1cc2nc(CNCCCN3C(=O)c4ccccc4C3=O)nc(N)c2cc1OC. The largest absolute Gasteiger partial charge is 0.493 e. The van der Waals surface area contributed by atoms with Crippen LogP contribution in [0, 0.1) is 0 Å². The number of nitrogens with one attached hydrogen (secondary N) is 1. The van der Waals surface area contributed by atoms with Gasteiger partial charge >= 0.3 is 0 Å². The third kappa shape index (κ3) is 3.87. The summed E-state index contributed by atoms with van der Waals surface area (Å²) < 4.78 is 10.6. The molecule has 2 aromatic carbocycles. The predicted molar refractivity (Wildman–Crippen MR) is 115 cm³/mol. The number of nitrogens with two attached hydrogens (primary N) is 1. The highest BCUT2D eigenvalue weighted by atomic mass is 16.5. The molecule has 1 aliphatic heterocycles. The van der Waals surface area contributed by atoms with Gasteiger partial charge in [-0.25, -0.2) is 9.97 Å². The quantitative estimate of drug-likeness (QED) is 0.419. The summed E-state index contributed by atoms with van der Waals surface area (Å²) in [5.41, 5.74) is 7.69. The number of amides is 2. The summed E-state index contributed by atoms with van der Waals surface area (Å²) in [5, 5.41) is 3.92. The molecule has 0 saturated heterocycles. The molecule has 9 heteroatoms. The molecule has 0 aliphatic carbocycles. The number of ether oxygens (including phenoxy) is 2. The van der Waals surface area contributed by atoms with Gasteiger partial charge < -0.3 is 20.5 Å². The minimum Gasteiger partial charge on any atom is -0.493 e. The molecular weight excluding hydrogens is 398 g/mol. The number of anilines is 1. The lowest BCUT2D eigenvalue weighted by Crippen LogP contribution is -2.32. The van der Waals surface area contributed by atoms with Gasteiger partial charge in [0, 0.05) is 18.0 Å². The number of nitrogen functional groups attached to an aromatic ring is 1. The number of benzene rings is 2. The Bertz CT molecular complexity index is 1130. The Morgan fingerprint density at radius 1 is 1.00 bits per heavy atom. The Labute approximate surface area is 179 Å². The van der Waals surface area contributed by atoms with Crippen LogP contribution in [0.3, 0.4) is 0 Å². The molecule has 0 spiro atoms. The molecule has 1 aliphatic rings. The zero-order valence-corrected chi connectivity index (χ0v) is 17.3. The van der Waals surface area contributed by atoms with Crippen LogP contribution < -0.4 is 20.5 Å². The predicted octanol–water partition coefficient (Wildman–Crippen LogP) is 2.01. The summed E-state index contributed by atoms with van der Waals surface area (Å²) in [5.74, 6) is 1.54. The maximum absolute atomic E-state index is 12.4. The van der Waals surface area contributed by atoms with Gasteiger partial charge in [-0.3, -0.25) is 14.5 Å². The molecule has 2 heterocycles. The fraction of sp³-hybridized carbons (Fsp3) is 0.273. The zero-order valence-electron chi connectivity index (χ0n) is 17.3. The number of hydrogen-bond donors (Lipinski definition) is 2. The molecule has 160 valence electrons. The molecule has 0 saturated carbocycles. The van der Waals surface area contributed by atoms with Crippen LogP contribution in [0.15, 0.2) is 36.4 Å². The first-order valence-corrected chi connectivity index (χ1v) is 9.87. The number of aromatic nitrogens is 2. The van der Waals surface area contributed by atoms with Crippen molar-refractivity contribution in [3.05, 3.63) is 53.3 Å². The van der Waals surface area contributed by atoms with Crippen molar-refractivity contribution in [1.82, 2.24) is 20.2 Å². The van der Waals surface area contributed by atoms with Crippen LogP contribution in [0.2, 0.25) is 0 Å². The Hall–Kier alpha value is -3.72. The molecule has 2 amide bonds. The highest BCUT2D eigenvalue weighted by Crippen LogP contribution is 2.33. The van der Waals surface area contributed by atoms with E-state index in [1.54, 1.807) is 50.6 Å². The first kappa shape index (κ1) is 20.5. The van der Waals surface area contributed by atoms with Gasteiger partial charge in [-0.1, -0.05) is 12.1 Å². The molecule has 9 nitrogen and oxygen atoms in total. The van der Waals surface area contributed by atoms with E-state index in [1.807, 2.05) is 0 Å². The molecule has 0 bridgehead atoms. The highest BCUT2D eigenvalue weighted by Gasteiger charge is 2.34. The first-order valence-electron chi connectivity index (χ1n) is 9.87. The fourth-order valence-electron chi connectivity index (χ4n) is 3.61. The van der Waals surface area contributed by atoms with E-state index in [2.05, 4.69) is 15.3 Å². The van der Waals surface area contributed by atoms with Crippen molar-refractivity contribution in [2.24, 2.45) is 0 Å². The average molecular weight is 421 g/mol. The van der Waals surface area contributed by atoms with Gasteiger partial charge in [-0.15, -0.1) is 0 Å². The second-order valence-electron chi connectivity index (χ2n) is 7.09. The molecule has 0 radical (unpaired) electrons. The number of rotatable bonds is 8. The topological polar surface area (TPSA) is 120 Å². The maximum atomic E-state index is 12.4. The summed E-state index contributed by atoms with van der Waals surface area (Å²) >= 11 is 0. The van der Waals surface area contributed by atoms with Crippen molar-refractivity contribution < 1.29 is 19.1 Å². The van der Waals surface area contributed by atoms with Gasteiger partial charge in [0.15, 0.2) is 11.5 Å². The number of hydrogen-bond acceptors (Lipinski definition) is 8. The Balaban J connectivity index is 1.35. The molecule has 0 fully saturated rings. The second-order valence-corrected chi connectivity index (χ2v) is 7.09. The molecule has 1 aromatic heterocycles. The summed E-state index contributed by atoms with van der Waals surface area (Å²) in [7, 11) is 3.12. The summed E-state index contributed by atoms with van der Waals surface area (Å²) in [6, 6.07) is 10.4. The number of carbonyl (C=O) groups excluding carboxylic acids is 2.